The summed E-state index contributed by atoms with van der Waals surface area (Å²) in [5, 5.41) is 3.43. The Morgan fingerprint density at radius 1 is 0.909 bits per heavy atom. The molecule has 0 amide bonds. The first kappa shape index (κ1) is 15.9. The van der Waals surface area contributed by atoms with E-state index in [-0.39, 0.29) is 0 Å². The summed E-state index contributed by atoms with van der Waals surface area (Å²) < 4.78 is 6.19. The molecule has 0 radical (unpaired) electrons. The minimum absolute atomic E-state index is 0.729. The first-order valence-electron chi connectivity index (χ1n) is 9.33. The van der Waals surface area contributed by atoms with Crippen LogP contribution in [0.25, 0.3) is 0 Å². The number of benzene rings is 1. The average Bonchev–Trinajstić information content (AvgIpc) is 2.61. The van der Waals surface area contributed by atoms with E-state index in [1.165, 1.54) is 63.4 Å². The van der Waals surface area contributed by atoms with Crippen molar-refractivity contribution < 1.29 is 4.74 Å². The second kappa shape index (κ2) is 8.57. The van der Waals surface area contributed by atoms with E-state index in [2.05, 4.69) is 29.6 Å². The normalized spacial score (nSPS) is 20.9. The van der Waals surface area contributed by atoms with Gasteiger partial charge in [0, 0.05) is 0 Å². The highest BCUT2D eigenvalue weighted by molar-refractivity contribution is 5.33. The highest BCUT2D eigenvalue weighted by Gasteiger charge is 2.16. The maximum absolute atomic E-state index is 6.19. The van der Waals surface area contributed by atoms with Crippen LogP contribution in [0.2, 0.25) is 0 Å². The van der Waals surface area contributed by atoms with Crippen molar-refractivity contribution in [2.75, 3.05) is 19.7 Å². The molecule has 1 aliphatic heterocycles. The van der Waals surface area contributed by atoms with Crippen LogP contribution in [0, 0.1) is 11.8 Å². The molecular weight excluding hydrogens is 270 g/mol. The molecule has 122 valence electrons. The lowest BCUT2D eigenvalue weighted by molar-refractivity contribution is 0.213. The smallest absolute Gasteiger partial charge is 0.122 e. The van der Waals surface area contributed by atoms with Crippen LogP contribution in [0.3, 0.4) is 0 Å². The summed E-state index contributed by atoms with van der Waals surface area (Å²) in [6, 6.07) is 8.70. The van der Waals surface area contributed by atoms with Gasteiger partial charge in [0.25, 0.3) is 0 Å². The molecule has 1 aliphatic carbocycles. The number of aryl methyl sites for hydroxylation is 1. The molecule has 1 heterocycles. The van der Waals surface area contributed by atoms with Crippen molar-refractivity contribution in [2.45, 2.75) is 57.8 Å². The number of ether oxygens (including phenoxy) is 1. The van der Waals surface area contributed by atoms with Gasteiger partial charge >= 0.3 is 0 Å². The third kappa shape index (κ3) is 4.74. The van der Waals surface area contributed by atoms with E-state index >= 15 is 0 Å². The molecule has 1 aromatic rings. The van der Waals surface area contributed by atoms with E-state index in [1.807, 2.05) is 0 Å². The topological polar surface area (TPSA) is 21.3 Å². The lowest BCUT2D eigenvalue weighted by Gasteiger charge is -2.24. The molecule has 1 N–H and O–H groups in total. The molecule has 2 nitrogen and oxygen atoms in total. The number of hydrogen-bond acceptors (Lipinski definition) is 2. The maximum atomic E-state index is 6.19. The predicted molar refractivity (Wildman–Crippen MR) is 92.4 cm³/mol. The van der Waals surface area contributed by atoms with Crippen molar-refractivity contribution in [1.29, 1.82) is 0 Å². The van der Waals surface area contributed by atoms with Crippen LogP contribution in [0.1, 0.15) is 56.9 Å². The van der Waals surface area contributed by atoms with E-state index in [4.69, 9.17) is 4.74 Å². The van der Waals surface area contributed by atoms with Crippen molar-refractivity contribution >= 4 is 0 Å². The molecular formula is C20H31NO. The molecule has 3 rings (SSSR count). The molecule has 22 heavy (non-hydrogen) atoms. The molecule has 0 bridgehead atoms. The fourth-order valence-electron chi connectivity index (χ4n) is 3.94. The fraction of sp³-hybridized carbons (Fsp3) is 0.700. The Morgan fingerprint density at radius 2 is 1.68 bits per heavy atom. The molecule has 0 unspecified atom stereocenters. The summed E-state index contributed by atoms with van der Waals surface area (Å²) in [4.78, 5) is 0. The fourth-order valence-corrected chi connectivity index (χ4v) is 3.94. The van der Waals surface area contributed by atoms with Crippen LogP contribution < -0.4 is 10.1 Å². The Hall–Kier alpha value is -1.02. The predicted octanol–water partition coefficient (Wildman–Crippen LogP) is 4.58. The molecule has 1 saturated carbocycles. The van der Waals surface area contributed by atoms with Crippen LogP contribution in [0.4, 0.5) is 0 Å². The van der Waals surface area contributed by atoms with Gasteiger partial charge in [-0.25, -0.2) is 0 Å². The van der Waals surface area contributed by atoms with Crippen LogP contribution in [-0.2, 0) is 6.42 Å². The zero-order chi connectivity index (χ0) is 15.0. The first-order chi connectivity index (χ1) is 10.9. The molecule has 0 aromatic heterocycles. The van der Waals surface area contributed by atoms with E-state index < -0.39 is 0 Å². The number of para-hydroxylation sites is 1. The molecule has 2 fully saturated rings. The van der Waals surface area contributed by atoms with Crippen LogP contribution >= 0.6 is 0 Å². The highest BCUT2D eigenvalue weighted by atomic mass is 16.5. The Labute approximate surface area is 135 Å². The Bertz CT molecular complexity index is 392. The Balaban J connectivity index is 1.50. The maximum Gasteiger partial charge on any atom is 0.122 e. The van der Waals surface area contributed by atoms with Gasteiger partial charge in [0.05, 0.1) is 6.61 Å². The zero-order valence-electron chi connectivity index (χ0n) is 13.9. The monoisotopic (exact) mass is 301 g/mol. The molecule has 1 aromatic carbocycles. The van der Waals surface area contributed by atoms with Gasteiger partial charge in [0.1, 0.15) is 5.75 Å². The number of piperidine rings is 1. The van der Waals surface area contributed by atoms with E-state index in [0.717, 1.165) is 37.3 Å². The van der Waals surface area contributed by atoms with Gasteiger partial charge in [-0.3, -0.25) is 0 Å². The quantitative estimate of drug-likeness (QED) is 0.830. The van der Waals surface area contributed by atoms with Gasteiger partial charge in [-0.15, -0.1) is 0 Å². The summed E-state index contributed by atoms with van der Waals surface area (Å²) in [6.45, 7) is 3.19. The Kier molecular flexibility index (Phi) is 6.18. The first-order valence-corrected chi connectivity index (χ1v) is 9.33. The second-order valence-electron chi connectivity index (χ2n) is 7.15. The van der Waals surface area contributed by atoms with Gasteiger partial charge in [-0.05, 0) is 62.2 Å². The number of rotatable bonds is 6. The molecule has 0 spiro atoms. The number of nitrogens with one attached hydrogen (secondary N) is 1. The third-order valence-electron chi connectivity index (χ3n) is 5.45. The third-order valence-corrected chi connectivity index (χ3v) is 5.45. The average molecular weight is 301 g/mol. The number of hydrogen-bond donors (Lipinski definition) is 1. The minimum Gasteiger partial charge on any atom is -0.493 e. The summed E-state index contributed by atoms with van der Waals surface area (Å²) in [5.41, 5.74) is 1.42. The van der Waals surface area contributed by atoms with Crippen molar-refractivity contribution in [1.82, 2.24) is 5.32 Å². The van der Waals surface area contributed by atoms with Crippen LogP contribution in [-0.4, -0.2) is 19.7 Å². The minimum atomic E-state index is 0.729. The highest BCUT2D eigenvalue weighted by Crippen LogP contribution is 2.29. The lowest BCUT2D eigenvalue weighted by Crippen LogP contribution is -2.30. The lowest BCUT2D eigenvalue weighted by atomic mass is 9.85. The largest absolute Gasteiger partial charge is 0.493 e. The van der Waals surface area contributed by atoms with Gasteiger partial charge in [0.15, 0.2) is 0 Å². The summed E-state index contributed by atoms with van der Waals surface area (Å²) in [5.74, 6) is 2.82. The molecule has 0 atom stereocenters. The molecule has 1 saturated heterocycles. The molecule has 2 aliphatic rings. The summed E-state index contributed by atoms with van der Waals surface area (Å²) in [7, 11) is 0. The van der Waals surface area contributed by atoms with Crippen LogP contribution in [0.5, 0.6) is 5.75 Å². The van der Waals surface area contributed by atoms with Gasteiger partial charge in [0.2, 0.25) is 0 Å². The van der Waals surface area contributed by atoms with Gasteiger partial charge in [-0.1, -0.05) is 50.3 Å². The van der Waals surface area contributed by atoms with Crippen LogP contribution in [0.15, 0.2) is 24.3 Å². The molecule has 2 heteroatoms. The second-order valence-corrected chi connectivity index (χ2v) is 7.15. The van der Waals surface area contributed by atoms with E-state index in [9.17, 15) is 0 Å². The van der Waals surface area contributed by atoms with E-state index in [1.54, 1.807) is 0 Å². The standard InChI is InChI=1S/C20H31NO/c1-2-6-17(7-3-1)10-11-19-8-4-5-9-20(19)22-16-18-12-14-21-15-13-18/h4-5,8-9,17-18,21H,1-3,6-7,10-16H2. The zero-order valence-corrected chi connectivity index (χ0v) is 13.9. The summed E-state index contributed by atoms with van der Waals surface area (Å²) >= 11 is 0. The van der Waals surface area contributed by atoms with Crippen molar-refractivity contribution in [3.63, 3.8) is 0 Å². The van der Waals surface area contributed by atoms with Crippen molar-refractivity contribution in [2.24, 2.45) is 11.8 Å². The van der Waals surface area contributed by atoms with Gasteiger partial charge in [-0.2, -0.15) is 0 Å². The van der Waals surface area contributed by atoms with Gasteiger partial charge < -0.3 is 10.1 Å². The summed E-state index contributed by atoms with van der Waals surface area (Å²) in [6.07, 6.45) is 12.3. The Morgan fingerprint density at radius 3 is 2.50 bits per heavy atom. The SMILES string of the molecule is c1ccc(OCC2CCNCC2)c(CCC2CCCCC2)c1. The van der Waals surface area contributed by atoms with E-state index in [0.29, 0.717) is 0 Å². The van der Waals surface area contributed by atoms with Crippen molar-refractivity contribution in [3.8, 4) is 5.75 Å². The van der Waals surface area contributed by atoms with Crippen molar-refractivity contribution in [3.05, 3.63) is 29.8 Å².